The molecule has 0 radical (unpaired) electrons. The van der Waals surface area contributed by atoms with Gasteiger partial charge in [0.25, 0.3) is 0 Å². The van der Waals surface area contributed by atoms with Crippen LogP contribution in [-0.2, 0) is 19.0 Å². The number of rotatable bonds is 2. The molecule has 0 unspecified atom stereocenters. The third-order valence-electron chi connectivity index (χ3n) is 1.26. The number of carbonyl (C=O) groups is 1. The first-order chi connectivity index (χ1) is 5.16. The van der Waals surface area contributed by atoms with Gasteiger partial charge in [-0.15, -0.1) is 0 Å². The molecule has 11 heavy (non-hydrogen) atoms. The van der Waals surface area contributed by atoms with Crippen molar-refractivity contribution in [2.75, 3.05) is 13.2 Å². The summed E-state index contributed by atoms with van der Waals surface area (Å²) in [5, 5.41) is 0. The van der Waals surface area contributed by atoms with Gasteiger partial charge in [0.05, 0.1) is 13.2 Å². The van der Waals surface area contributed by atoms with E-state index in [9.17, 15) is 4.79 Å². The molecular formula is C7H10O4. The summed E-state index contributed by atoms with van der Waals surface area (Å²) in [5.74, 6) is -1.75. The highest BCUT2D eigenvalue weighted by molar-refractivity contribution is 5.81. The number of carbonyl (C=O) groups excluding carboxylic acids is 1. The van der Waals surface area contributed by atoms with E-state index in [2.05, 4.69) is 6.58 Å². The number of ether oxygens (including phenoxy) is 3. The van der Waals surface area contributed by atoms with E-state index in [0.29, 0.717) is 13.2 Å². The van der Waals surface area contributed by atoms with Gasteiger partial charge >= 0.3 is 11.9 Å². The monoisotopic (exact) mass is 158 g/mol. The summed E-state index contributed by atoms with van der Waals surface area (Å²) in [7, 11) is 0. The van der Waals surface area contributed by atoms with Crippen LogP contribution in [0.5, 0.6) is 0 Å². The summed E-state index contributed by atoms with van der Waals surface area (Å²) >= 11 is 0. The van der Waals surface area contributed by atoms with Crippen molar-refractivity contribution in [1.82, 2.24) is 0 Å². The van der Waals surface area contributed by atoms with Crippen LogP contribution in [-0.4, -0.2) is 25.2 Å². The fourth-order valence-electron chi connectivity index (χ4n) is 0.779. The van der Waals surface area contributed by atoms with Crippen LogP contribution in [0.15, 0.2) is 12.7 Å². The van der Waals surface area contributed by atoms with E-state index in [1.54, 1.807) is 6.92 Å². The average molecular weight is 158 g/mol. The summed E-state index contributed by atoms with van der Waals surface area (Å²) in [5.41, 5.74) is 0. The Morgan fingerprint density at radius 3 is 2.64 bits per heavy atom. The normalized spacial score (nSPS) is 21.2. The molecule has 0 aromatic carbocycles. The van der Waals surface area contributed by atoms with Crippen molar-refractivity contribution in [3.05, 3.63) is 12.7 Å². The molecule has 0 aliphatic carbocycles. The van der Waals surface area contributed by atoms with Gasteiger partial charge in [0.1, 0.15) is 0 Å². The lowest BCUT2D eigenvalue weighted by molar-refractivity contribution is -0.299. The van der Waals surface area contributed by atoms with Crippen LogP contribution in [0.25, 0.3) is 0 Å². The molecular weight excluding hydrogens is 148 g/mol. The number of esters is 1. The molecule has 4 heteroatoms. The molecule has 4 nitrogen and oxygen atoms in total. The van der Waals surface area contributed by atoms with Gasteiger partial charge in [-0.3, -0.25) is 0 Å². The molecule has 1 aliphatic rings. The molecule has 0 aromatic rings. The molecule has 0 amide bonds. The van der Waals surface area contributed by atoms with Crippen molar-refractivity contribution >= 4 is 5.97 Å². The van der Waals surface area contributed by atoms with Gasteiger partial charge in [-0.25, -0.2) is 4.79 Å². The van der Waals surface area contributed by atoms with Crippen LogP contribution < -0.4 is 0 Å². The Labute approximate surface area is 64.7 Å². The quantitative estimate of drug-likeness (QED) is 0.432. The van der Waals surface area contributed by atoms with Crippen LogP contribution in [0.4, 0.5) is 0 Å². The first-order valence-corrected chi connectivity index (χ1v) is 3.29. The average Bonchev–Trinajstić information content (AvgIpc) is 2.36. The largest absolute Gasteiger partial charge is 0.405 e. The minimum Gasteiger partial charge on any atom is -0.405 e. The summed E-state index contributed by atoms with van der Waals surface area (Å²) in [6.07, 6.45) is 1.07. The van der Waals surface area contributed by atoms with Crippen molar-refractivity contribution in [3.63, 3.8) is 0 Å². The molecule has 0 atom stereocenters. The minimum absolute atomic E-state index is 0.445. The summed E-state index contributed by atoms with van der Waals surface area (Å²) < 4.78 is 14.7. The van der Waals surface area contributed by atoms with Crippen molar-refractivity contribution in [2.24, 2.45) is 0 Å². The number of hydrogen-bond acceptors (Lipinski definition) is 4. The van der Waals surface area contributed by atoms with Crippen molar-refractivity contribution in [3.8, 4) is 0 Å². The molecule has 1 fully saturated rings. The zero-order chi connectivity index (χ0) is 8.32. The Kier molecular flexibility index (Phi) is 2.26. The van der Waals surface area contributed by atoms with Crippen LogP contribution in [0.2, 0.25) is 0 Å². The molecule has 0 N–H and O–H groups in total. The van der Waals surface area contributed by atoms with Gasteiger partial charge in [-0.05, 0) is 0 Å². The van der Waals surface area contributed by atoms with Gasteiger partial charge in [-0.2, -0.15) is 0 Å². The van der Waals surface area contributed by atoms with E-state index in [1.807, 2.05) is 0 Å². The highest BCUT2D eigenvalue weighted by Gasteiger charge is 2.34. The van der Waals surface area contributed by atoms with Crippen LogP contribution in [0.3, 0.4) is 0 Å². The third kappa shape index (κ3) is 2.03. The lowest BCUT2D eigenvalue weighted by Crippen LogP contribution is -2.31. The van der Waals surface area contributed by atoms with Crippen LogP contribution in [0, 0.1) is 0 Å². The number of hydrogen-bond donors (Lipinski definition) is 0. The summed E-state index contributed by atoms with van der Waals surface area (Å²) in [6.45, 7) is 5.68. The predicted molar refractivity (Wildman–Crippen MR) is 36.6 cm³/mol. The second-order valence-corrected chi connectivity index (χ2v) is 2.18. The van der Waals surface area contributed by atoms with E-state index in [4.69, 9.17) is 14.2 Å². The first kappa shape index (κ1) is 8.23. The Morgan fingerprint density at radius 1 is 1.64 bits per heavy atom. The smallest absolute Gasteiger partial charge is 0.334 e. The molecule has 1 rings (SSSR count). The second kappa shape index (κ2) is 3.02. The van der Waals surface area contributed by atoms with Gasteiger partial charge in [0, 0.05) is 13.0 Å². The lowest BCUT2D eigenvalue weighted by Gasteiger charge is -2.20. The van der Waals surface area contributed by atoms with Gasteiger partial charge in [0.2, 0.25) is 0 Å². The summed E-state index contributed by atoms with van der Waals surface area (Å²) in [6, 6.07) is 0. The van der Waals surface area contributed by atoms with E-state index in [0.717, 1.165) is 6.08 Å². The fourth-order valence-corrected chi connectivity index (χ4v) is 0.779. The molecule has 0 spiro atoms. The topological polar surface area (TPSA) is 44.8 Å². The predicted octanol–water partition coefficient (Wildman–Crippen LogP) is 0.436. The van der Waals surface area contributed by atoms with Crippen molar-refractivity contribution in [1.29, 1.82) is 0 Å². The molecule has 0 saturated carbocycles. The van der Waals surface area contributed by atoms with Crippen LogP contribution in [0.1, 0.15) is 6.92 Å². The van der Waals surface area contributed by atoms with Gasteiger partial charge in [0.15, 0.2) is 0 Å². The van der Waals surface area contributed by atoms with E-state index < -0.39 is 11.9 Å². The molecule has 1 aliphatic heterocycles. The second-order valence-electron chi connectivity index (χ2n) is 2.18. The molecule has 0 bridgehead atoms. The zero-order valence-corrected chi connectivity index (χ0v) is 6.33. The Balaban J connectivity index is 2.45. The van der Waals surface area contributed by atoms with Crippen LogP contribution >= 0.6 is 0 Å². The molecule has 1 saturated heterocycles. The maximum atomic E-state index is 10.7. The molecule has 62 valence electrons. The van der Waals surface area contributed by atoms with Crippen molar-refractivity contribution in [2.45, 2.75) is 12.9 Å². The maximum absolute atomic E-state index is 10.7. The lowest BCUT2D eigenvalue weighted by atomic mass is 10.6. The Hall–Kier alpha value is -0.870. The molecule has 1 heterocycles. The van der Waals surface area contributed by atoms with Gasteiger partial charge < -0.3 is 14.2 Å². The maximum Gasteiger partial charge on any atom is 0.334 e. The molecule has 0 aromatic heterocycles. The third-order valence-corrected chi connectivity index (χ3v) is 1.26. The highest BCUT2D eigenvalue weighted by Crippen LogP contribution is 2.19. The fraction of sp³-hybridized carbons (Fsp3) is 0.571. The van der Waals surface area contributed by atoms with E-state index in [-0.39, 0.29) is 0 Å². The van der Waals surface area contributed by atoms with E-state index in [1.165, 1.54) is 0 Å². The van der Waals surface area contributed by atoms with Gasteiger partial charge in [-0.1, -0.05) is 6.58 Å². The van der Waals surface area contributed by atoms with E-state index >= 15 is 0 Å². The highest BCUT2D eigenvalue weighted by atomic mass is 16.9. The minimum atomic E-state index is -1.20. The standard InChI is InChI=1S/C7H10O4/c1-3-6(8)11-7(2)9-4-5-10-7/h3H,1,4-5H2,2H3. The summed E-state index contributed by atoms with van der Waals surface area (Å²) in [4.78, 5) is 10.7. The Bertz CT molecular complexity index is 169. The first-order valence-electron chi connectivity index (χ1n) is 3.29. The SMILES string of the molecule is C=CC(=O)OC1(C)OCCO1. The Morgan fingerprint density at radius 2 is 2.18 bits per heavy atom. The van der Waals surface area contributed by atoms with Crippen molar-refractivity contribution < 1.29 is 19.0 Å². The zero-order valence-electron chi connectivity index (χ0n) is 6.33.